The monoisotopic (exact) mass is 303 g/mol. The summed E-state index contributed by atoms with van der Waals surface area (Å²) in [5.74, 6) is 1.89. The van der Waals surface area contributed by atoms with E-state index < -0.39 is 0 Å². The van der Waals surface area contributed by atoms with E-state index >= 15 is 0 Å². The second-order valence-corrected chi connectivity index (χ2v) is 5.78. The van der Waals surface area contributed by atoms with Gasteiger partial charge in [0.25, 0.3) is 5.91 Å². The third-order valence-corrected chi connectivity index (χ3v) is 4.21. The first kappa shape index (κ1) is 16.4. The molecular weight excluding hydrogens is 278 g/mol. The van der Waals surface area contributed by atoms with Crippen LogP contribution in [0.4, 0.5) is 0 Å². The number of hydrogen-bond donors (Lipinski definition) is 0. The first-order valence-electron chi connectivity index (χ1n) is 7.76. The SMILES string of the molecule is C/C=C/c1ccc(OCC(=O)N(C)C(C)C2CC2)c(OC)c1. The molecular formula is C18H25NO3. The molecule has 0 saturated heterocycles. The molecule has 1 aliphatic carbocycles. The van der Waals surface area contributed by atoms with Gasteiger partial charge < -0.3 is 14.4 Å². The number of methoxy groups -OCH3 is 1. The van der Waals surface area contributed by atoms with Crippen molar-refractivity contribution in [3.63, 3.8) is 0 Å². The molecule has 120 valence electrons. The van der Waals surface area contributed by atoms with Gasteiger partial charge in [0.15, 0.2) is 18.1 Å². The molecule has 4 nitrogen and oxygen atoms in total. The lowest BCUT2D eigenvalue weighted by Crippen LogP contribution is -2.39. The van der Waals surface area contributed by atoms with Crippen molar-refractivity contribution in [3.05, 3.63) is 29.8 Å². The van der Waals surface area contributed by atoms with Crippen LogP contribution in [0.2, 0.25) is 0 Å². The lowest BCUT2D eigenvalue weighted by Gasteiger charge is -2.25. The topological polar surface area (TPSA) is 38.8 Å². The molecule has 0 aromatic heterocycles. The number of allylic oxidation sites excluding steroid dienone is 1. The summed E-state index contributed by atoms with van der Waals surface area (Å²) in [7, 11) is 3.45. The fourth-order valence-electron chi connectivity index (χ4n) is 2.46. The summed E-state index contributed by atoms with van der Waals surface area (Å²) in [6.45, 7) is 4.10. The van der Waals surface area contributed by atoms with Crippen LogP contribution in [0.5, 0.6) is 11.5 Å². The molecule has 4 heteroatoms. The van der Waals surface area contributed by atoms with E-state index in [0.717, 1.165) is 5.56 Å². The van der Waals surface area contributed by atoms with Crippen molar-refractivity contribution in [2.45, 2.75) is 32.7 Å². The number of rotatable bonds is 7. The Hall–Kier alpha value is -1.97. The molecule has 1 aromatic carbocycles. The third-order valence-electron chi connectivity index (χ3n) is 4.21. The van der Waals surface area contributed by atoms with E-state index in [1.165, 1.54) is 12.8 Å². The summed E-state index contributed by atoms with van der Waals surface area (Å²) in [5.41, 5.74) is 1.04. The Bertz CT molecular complexity index is 549. The summed E-state index contributed by atoms with van der Waals surface area (Å²) < 4.78 is 11.0. The number of nitrogens with zero attached hydrogens (tertiary/aromatic N) is 1. The van der Waals surface area contributed by atoms with E-state index in [2.05, 4.69) is 6.92 Å². The Balaban J connectivity index is 1.96. The van der Waals surface area contributed by atoms with Crippen LogP contribution >= 0.6 is 0 Å². The van der Waals surface area contributed by atoms with Crippen LogP contribution in [0.1, 0.15) is 32.3 Å². The zero-order chi connectivity index (χ0) is 16.1. The third kappa shape index (κ3) is 4.03. The largest absolute Gasteiger partial charge is 0.493 e. The lowest BCUT2D eigenvalue weighted by molar-refractivity contribution is -0.134. The maximum atomic E-state index is 12.2. The van der Waals surface area contributed by atoms with Gasteiger partial charge in [-0.3, -0.25) is 4.79 Å². The van der Waals surface area contributed by atoms with Crippen molar-refractivity contribution in [2.24, 2.45) is 5.92 Å². The maximum Gasteiger partial charge on any atom is 0.260 e. The smallest absolute Gasteiger partial charge is 0.260 e. The minimum Gasteiger partial charge on any atom is -0.493 e. The van der Waals surface area contributed by atoms with Crippen LogP contribution in [0.25, 0.3) is 6.08 Å². The average molecular weight is 303 g/mol. The Labute approximate surface area is 132 Å². The Morgan fingerprint density at radius 2 is 2.14 bits per heavy atom. The molecule has 1 amide bonds. The number of likely N-dealkylation sites (N-methyl/N-ethyl adjacent to an activating group) is 1. The van der Waals surface area contributed by atoms with Crippen LogP contribution in [-0.2, 0) is 4.79 Å². The second kappa shape index (κ2) is 7.34. The summed E-state index contributed by atoms with van der Waals surface area (Å²) >= 11 is 0. The van der Waals surface area contributed by atoms with Gasteiger partial charge in [-0.1, -0.05) is 18.2 Å². The van der Waals surface area contributed by atoms with Crippen LogP contribution in [0.3, 0.4) is 0 Å². The number of hydrogen-bond acceptors (Lipinski definition) is 3. The molecule has 1 unspecified atom stereocenters. The molecule has 0 radical (unpaired) electrons. The number of benzene rings is 1. The molecule has 1 aliphatic rings. The summed E-state index contributed by atoms with van der Waals surface area (Å²) in [6.07, 6.45) is 6.40. The van der Waals surface area contributed by atoms with E-state index in [4.69, 9.17) is 9.47 Å². The molecule has 2 rings (SSSR count). The predicted octanol–water partition coefficient (Wildman–Crippen LogP) is 3.36. The van der Waals surface area contributed by atoms with Crippen LogP contribution in [-0.4, -0.2) is 37.6 Å². The summed E-state index contributed by atoms with van der Waals surface area (Å²) in [6, 6.07) is 5.97. The van der Waals surface area contributed by atoms with E-state index in [9.17, 15) is 4.79 Å². The van der Waals surface area contributed by atoms with Crippen LogP contribution in [0, 0.1) is 5.92 Å². The zero-order valence-corrected chi connectivity index (χ0v) is 13.8. The first-order valence-corrected chi connectivity index (χ1v) is 7.76. The highest BCUT2D eigenvalue weighted by Gasteiger charge is 2.32. The molecule has 0 bridgehead atoms. The van der Waals surface area contributed by atoms with E-state index in [0.29, 0.717) is 17.4 Å². The highest BCUT2D eigenvalue weighted by molar-refractivity contribution is 5.78. The number of carbonyl (C=O) groups is 1. The highest BCUT2D eigenvalue weighted by Crippen LogP contribution is 2.34. The van der Waals surface area contributed by atoms with Gasteiger partial charge in [-0.25, -0.2) is 0 Å². The first-order chi connectivity index (χ1) is 10.6. The van der Waals surface area contributed by atoms with E-state index in [1.807, 2.05) is 44.3 Å². The van der Waals surface area contributed by atoms with Crippen molar-refractivity contribution in [1.29, 1.82) is 0 Å². The number of carbonyl (C=O) groups excluding carboxylic acids is 1. The molecule has 0 N–H and O–H groups in total. The molecule has 1 saturated carbocycles. The van der Waals surface area contributed by atoms with Gasteiger partial charge >= 0.3 is 0 Å². The molecule has 22 heavy (non-hydrogen) atoms. The van der Waals surface area contributed by atoms with Gasteiger partial charge in [0.1, 0.15) is 0 Å². The maximum absolute atomic E-state index is 12.2. The summed E-state index contributed by atoms with van der Waals surface area (Å²) in [4.78, 5) is 14.0. The van der Waals surface area contributed by atoms with Gasteiger partial charge in [0.05, 0.1) is 7.11 Å². The van der Waals surface area contributed by atoms with Gasteiger partial charge in [0.2, 0.25) is 0 Å². The van der Waals surface area contributed by atoms with E-state index in [1.54, 1.807) is 12.0 Å². The van der Waals surface area contributed by atoms with Crippen molar-refractivity contribution in [1.82, 2.24) is 4.90 Å². The molecule has 1 aromatic rings. The highest BCUT2D eigenvalue weighted by atomic mass is 16.5. The Kier molecular flexibility index (Phi) is 5.47. The molecule has 0 aliphatic heterocycles. The molecule has 1 fully saturated rings. The van der Waals surface area contributed by atoms with Crippen LogP contribution < -0.4 is 9.47 Å². The van der Waals surface area contributed by atoms with Gasteiger partial charge in [-0.2, -0.15) is 0 Å². The average Bonchev–Trinajstić information content (AvgIpc) is 3.36. The second-order valence-electron chi connectivity index (χ2n) is 5.78. The predicted molar refractivity (Wildman–Crippen MR) is 88.2 cm³/mol. The van der Waals surface area contributed by atoms with Crippen molar-refractivity contribution in [3.8, 4) is 11.5 Å². The molecule has 1 atom stereocenters. The molecule has 0 heterocycles. The van der Waals surface area contributed by atoms with Crippen molar-refractivity contribution >= 4 is 12.0 Å². The van der Waals surface area contributed by atoms with Crippen molar-refractivity contribution in [2.75, 3.05) is 20.8 Å². The number of ether oxygens (including phenoxy) is 2. The minimum absolute atomic E-state index is 0.000941. The Morgan fingerprint density at radius 3 is 2.73 bits per heavy atom. The normalized spacial score (nSPS) is 15.6. The quantitative estimate of drug-likeness (QED) is 0.775. The standard InChI is InChI=1S/C18H25NO3/c1-5-6-14-7-10-16(17(11-14)21-4)22-12-18(20)19(3)13(2)15-8-9-15/h5-7,10-11,13,15H,8-9,12H2,1-4H3/b6-5+. The fraction of sp³-hybridized carbons (Fsp3) is 0.500. The minimum atomic E-state index is -0.000941. The van der Waals surface area contributed by atoms with E-state index in [-0.39, 0.29) is 18.6 Å². The number of amides is 1. The Morgan fingerprint density at radius 1 is 1.41 bits per heavy atom. The molecule has 0 spiro atoms. The fourth-order valence-corrected chi connectivity index (χ4v) is 2.46. The zero-order valence-electron chi connectivity index (χ0n) is 13.8. The van der Waals surface area contributed by atoms with Gasteiger partial charge in [-0.05, 0) is 50.3 Å². The lowest BCUT2D eigenvalue weighted by atomic mass is 10.2. The van der Waals surface area contributed by atoms with Gasteiger partial charge in [0, 0.05) is 13.1 Å². The van der Waals surface area contributed by atoms with Gasteiger partial charge in [-0.15, -0.1) is 0 Å². The van der Waals surface area contributed by atoms with Crippen LogP contribution in [0.15, 0.2) is 24.3 Å². The van der Waals surface area contributed by atoms with Crippen molar-refractivity contribution < 1.29 is 14.3 Å². The summed E-state index contributed by atoms with van der Waals surface area (Å²) in [5, 5.41) is 0.